The fourth-order valence-electron chi connectivity index (χ4n) is 6.24. The van der Waals surface area contributed by atoms with E-state index in [0.29, 0.717) is 41.8 Å². The Labute approximate surface area is 249 Å². The van der Waals surface area contributed by atoms with E-state index < -0.39 is 23.0 Å². The molecule has 216 valence electrons. The van der Waals surface area contributed by atoms with Crippen LogP contribution in [0.4, 0.5) is 10.2 Å². The molecule has 4 aromatic heterocycles. The van der Waals surface area contributed by atoms with E-state index in [2.05, 4.69) is 22.1 Å². The molecule has 12 heteroatoms. The van der Waals surface area contributed by atoms with Crippen molar-refractivity contribution in [3.8, 4) is 17.1 Å². The van der Waals surface area contributed by atoms with E-state index in [1.54, 1.807) is 24.4 Å². The van der Waals surface area contributed by atoms with Crippen LogP contribution in [0.3, 0.4) is 0 Å². The second-order valence-corrected chi connectivity index (χ2v) is 11.3. The average Bonchev–Trinajstić information content (AvgIpc) is 3.59. The highest BCUT2D eigenvalue weighted by molar-refractivity contribution is 6.33. The highest BCUT2D eigenvalue weighted by Crippen LogP contribution is 2.38. The number of aromatic nitrogens is 7. The molecule has 0 bridgehead atoms. The lowest BCUT2D eigenvalue weighted by molar-refractivity contribution is 0.596. The minimum absolute atomic E-state index is 0.181. The van der Waals surface area contributed by atoms with Crippen molar-refractivity contribution in [1.82, 2.24) is 34.1 Å². The Hall–Kier alpha value is -4.90. The third kappa shape index (κ3) is 4.38. The predicted molar refractivity (Wildman–Crippen MR) is 163 cm³/mol. The number of H-pyrrole nitrogens is 1. The molecular weight excluding hydrogens is 571 g/mol. The van der Waals surface area contributed by atoms with Crippen LogP contribution in [0.15, 0.2) is 64.6 Å². The number of aromatic amines is 1. The normalized spacial score (nSPS) is 15.2. The van der Waals surface area contributed by atoms with Gasteiger partial charge in [0.2, 0.25) is 0 Å². The lowest BCUT2D eigenvalue weighted by Gasteiger charge is -2.28. The Morgan fingerprint density at radius 1 is 1.05 bits per heavy atom. The third-order valence-electron chi connectivity index (χ3n) is 7.94. The Morgan fingerprint density at radius 3 is 2.60 bits per heavy atom. The minimum Gasteiger partial charge on any atom is -0.345 e. The van der Waals surface area contributed by atoms with Crippen LogP contribution >= 0.6 is 11.6 Å². The molecule has 0 spiro atoms. The zero-order valence-electron chi connectivity index (χ0n) is 23.6. The number of halogens is 2. The lowest BCUT2D eigenvalue weighted by atomic mass is 9.99. The molecule has 10 nitrogen and oxygen atoms in total. The summed E-state index contributed by atoms with van der Waals surface area (Å²) in [7, 11) is 0. The molecule has 1 aliphatic rings. The van der Waals surface area contributed by atoms with Crippen molar-refractivity contribution < 1.29 is 4.39 Å². The molecule has 1 N–H and O–H groups in total. The molecule has 6 aromatic rings. The van der Waals surface area contributed by atoms with E-state index in [9.17, 15) is 14.0 Å². The van der Waals surface area contributed by atoms with E-state index in [4.69, 9.17) is 26.7 Å². The quantitative estimate of drug-likeness (QED) is 0.296. The first-order valence-corrected chi connectivity index (χ1v) is 14.2. The van der Waals surface area contributed by atoms with Crippen LogP contribution in [-0.2, 0) is 0 Å². The Bertz CT molecular complexity index is 2180. The molecular formula is C31H26ClFN8O2. The molecule has 0 saturated carbocycles. The smallest absolute Gasteiger partial charge is 0.285 e. The van der Waals surface area contributed by atoms with Gasteiger partial charge in [-0.25, -0.2) is 18.9 Å². The van der Waals surface area contributed by atoms with Crippen LogP contribution < -0.4 is 16.0 Å². The fraction of sp³-hybridized carbons (Fsp3) is 0.226. The van der Waals surface area contributed by atoms with Crippen molar-refractivity contribution in [2.75, 3.05) is 11.4 Å². The summed E-state index contributed by atoms with van der Waals surface area (Å²) in [6.07, 6.45) is 4.28. The first kappa shape index (κ1) is 27.0. The maximum atomic E-state index is 14.4. The van der Waals surface area contributed by atoms with Crippen LogP contribution in [0, 0.1) is 26.6 Å². The largest absolute Gasteiger partial charge is 0.345 e. The van der Waals surface area contributed by atoms with Gasteiger partial charge in [0.15, 0.2) is 11.6 Å². The number of hydrogen-bond donors (Lipinski definition) is 1. The number of rotatable bonds is 4. The monoisotopic (exact) mass is 596 g/mol. The van der Waals surface area contributed by atoms with Crippen LogP contribution in [0.2, 0.25) is 5.02 Å². The predicted octanol–water partition coefficient (Wildman–Crippen LogP) is 5.24. The van der Waals surface area contributed by atoms with Crippen molar-refractivity contribution in [2.45, 2.75) is 39.7 Å². The minimum atomic E-state index is -0.493. The van der Waals surface area contributed by atoms with Crippen molar-refractivity contribution in [3.63, 3.8) is 0 Å². The first-order chi connectivity index (χ1) is 20.7. The molecule has 1 unspecified atom stereocenters. The number of nitrogens with zero attached hydrogens (tertiary/aromatic N) is 7. The summed E-state index contributed by atoms with van der Waals surface area (Å²) < 4.78 is 17.3. The Balaban J connectivity index is 1.49. The maximum absolute atomic E-state index is 14.4. The zero-order valence-corrected chi connectivity index (χ0v) is 24.4. The van der Waals surface area contributed by atoms with Gasteiger partial charge in [0.05, 0.1) is 23.1 Å². The van der Waals surface area contributed by atoms with Crippen molar-refractivity contribution in [2.24, 2.45) is 0 Å². The van der Waals surface area contributed by atoms with Gasteiger partial charge in [-0.3, -0.25) is 14.2 Å². The van der Waals surface area contributed by atoms with Gasteiger partial charge in [0.1, 0.15) is 28.2 Å². The fourth-order valence-corrected chi connectivity index (χ4v) is 6.46. The standard InChI is InChI=1S/C31H26ClFN8O2/c1-16-12-17(2)23(18(3)13-16)27-36-26-24(30(42)35-15-34-26)29(37-27)39-10-5-8-22(39)28-38-40-11-9-21(32)25(40)31(43)41(28)20-7-4-6-19(33)14-20/h4,6-7,9,11-15,22H,5,8,10H2,1-3H3,(H,34,35,36,37,42). The summed E-state index contributed by atoms with van der Waals surface area (Å²) in [6, 6.07) is 11.0. The molecule has 43 heavy (non-hydrogen) atoms. The Morgan fingerprint density at radius 2 is 1.84 bits per heavy atom. The van der Waals surface area contributed by atoms with E-state index in [0.717, 1.165) is 28.7 Å². The van der Waals surface area contributed by atoms with Gasteiger partial charge >= 0.3 is 0 Å². The van der Waals surface area contributed by atoms with Crippen LogP contribution in [-0.4, -0.2) is 40.7 Å². The summed E-state index contributed by atoms with van der Waals surface area (Å²) in [5.74, 6) is 0.729. The number of hydrogen-bond acceptors (Lipinski definition) is 7. The number of aryl methyl sites for hydroxylation is 3. The third-order valence-corrected chi connectivity index (χ3v) is 8.24. The van der Waals surface area contributed by atoms with Gasteiger partial charge < -0.3 is 9.88 Å². The number of anilines is 1. The highest BCUT2D eigenvalue weighted by atomic mass is 35.5. The first-order valence-electron chi connectivity index (χ1n) is 13.9. The Kier molecular flexibility index (Phi) is 6.35. The molecule has 5 heterocycles. The van der Waals surface area contributed by atoms with Crippen molar-refractivity contribution in [3.05, 3.63) is 109 Å². The SMILES string of the molecule is Cc1cc(C)c(-c2nc(N3CCCC3c3nn4ccc(Cl)c4c(=O)n3-c3cccc(F)c3)c3c(=O)nc[nH]c3n2)c(C)c1. The number of benzene rings is 2. The lowest BCUT2D eigenvalue weighted by Crippen LogP contribution is -2.34. The maximum Gasteiger partial charge on any atom is 0.285 e. The molecule has 1 atom stereocenters. The van der Waals surface area contributed by atoms with Crippen molar-refractivity contribution >= 4 is 34.0 Å². The highest BCUT2D eigenvalue weighted by Gasteiger charge is 2.35. The molecule has 0 aliphatic carbocycles. The molecule has 0 radical (unpaired) electrons. The summed E-state index contributed by atoms with van der Waals surface area (Å²) in [4.78, 5) is 45.9. The van der Waals surface area contributed by atoms with Crippen LogP contribution in [0.1, 0.15) is 41.4 Å². The topological polar surface area (TPSA) is 114 Å². The van der Waals surface area contributed by atoms with E-state index in [1.165, 1.54) is 27.5 Å². The molecule has 1 saturated heterocycles. The van der Waals surface area contributed by atoms with Gasteiger partial charge in [0, 0.05) is 18.3 Å². The zero-order chi connectivity index (χ0) is 30.0. The number of fused-ring (bicyclic) bond motifs is 2. The van der Waals surface area contributed by atoms with E-state index >= 15 is 0 Å². The average molecular weight is 597 g/mol. The second kappa shape index (κ2) is 10.1. The summed E-state index contributed by atoms with van der Waals surface area (Å²) in [5.41, 5.74) is 3.96. The molecule has 7 rings (SSSR count). The molecule has 2 aromatic carbocycles. The van der Waals surface area contributed by atoms with Gasteiger partial charge in [0.25, 0.3) is 11.1 Å². The van der Waals surface area contributed by atoms with Gasteiger partial charge in [-0.2, -0.15) is 10.1 Å². The molecule has 1 aliphatic heterocycles. The van der Waals surface area contributed by atoms with Crippen LogP contribution in [0.25, 0.3) is 33.6 Å². The summed E-state index contributed by atoms with van der Waals surface area (Å²) in [5, 5.41) is 5.31. The second-order valence-electron chi connectivity index (χ2n) is 10.9. The van der Waals surface area contributed by atoms with Crippen LogP contribution in [0.5, 0.6) is 0 Å². The summed E-state index contributed by atoms with van der Waals surface area (Å²) in [6.45, 7) is 6.58. The van der Waals surface area contributed by atoms with Gasteiger partial charge in [-0.15, -0.1) is 0 Å². The van der Waals surface area contributed by atoms with Crippen molar-refractivity contribution in [1.29, 1.82) is 0 Å². The van der Waals surface area contributed by atoms with Gasteiger partial charge in [-0.05, 0) is 69.0 Å². The molecule has 0 amide bonds. The number of nitrogens with one attached hydrogen (secondary N) is 1. The molecule has 1 fully saturated rings. The van der Waals surface area contributed by atoms with E-state index in [1.807, 2.05) is 25.7 Å². The summed E-state index contributed by atoms with van der Waals surface area (Å²) >= 11 is 6.38. The van der Waals surface area contributed by atoms with E-state index in [-0.39, 0.29) is 15.9 Å². The van der Waals surface area contributed by atoms with Gasteiger partial charge in [-0.1, -0.05) is 35.4 Å².